The van der Waals surface area contributed by atoms with Crippen LogP contribution in [0.2, 0.25) is 0 Å². The summed E-state index contributed by atoms with van der Waals surface area (Å²) in [5.41, 5.74) is 6.19. The lowest BCUT2D eigenvalue weighted by Crippen LogP contribution is -1.95. The fourth-order valence-electron chi connectivity index (χ4n) is 2.34. The third-order valence-corrected chi connectivity index (χ3v) is 3.77. The third kappa shape index (κ3) is 3.56. The second kappa shape index (κ2) is 6.48. The summed E-state index contributed by atoms with van der Waals surface area (Å²) in [6.45, 7) is 4.78. The molecule has 0 unspecified atom stereocenters. The van der Waals surface area contributed by atoms with E-state index >= 15 is 0 Å². The summed E-state index contributed by atoms with van der Waals surface area (Å²) in [5, 5.41) is 0. The second-order valence-electron chi connectivity index (χ2n) is 5.66. The summed E-state index contributed by atoms with van der Waals surface area (Å²) in [6, 6.07) is 25.3. The quantitative estimate of drug-likeness (QED) is 0.611. The van der Waals surface area contributed by atoms with E-state index in [1.54, 1.807) is 0 Å². The van der Waals surface area contributed by atoms with E-state index in [1.165, 1.54) is 27.8 Å². The van der Waals surface area contributed by atoms with Gasteiger partial charge < -0.3 is 4.74 Å². The highest BCUT2D eigenvalue weighted by atomic mass is 16.5. The summed E-state index contributed by atoms with van der Waals surface area (Å²) in [6.07, 6.45) is 0. The molecule has 0 aliphatic heterocycles. The molecule has 0 atom stereocenters. The molecule has 0 N–H and O–H groups in total. The number of ether oxygens (including phenoxy) is 1. The molecule has 22 heavy (non-hydrogen) atoms. The van der Waals surface area contributed by atoms with Crippen LogP contribution in [0.25, 0.3) is 11.1 Å². The Morgan fingerprint density at radius 3 is 1.59 bits per heavy atom. The van der Waals surface area contributed by atoms with Crippen LogP contribution in [0.4, 0.5) is 0 Å². The standard InChI is InChI=1S/C21H20O/c1-16-3-9-19(10-4-16)20-11-7-18(8-12-20)15-22-21-13-5-17(2)6-14-21/h3-14H,15H2,1-2H3. The SMILES string of the molecule is Cc1ccc(OCc2ccc(-c3ccc(C)cc3)cc2)cc1. The Kier molecular flexibility index (Phi) is 4.24. The van der Waals surface area contributed by atoms with Crippen molar-refractivity contribution >= 4 is 0 Å². The Morgan fingerprint density at radius 1 is 0.591 bits per heavy atom. The van der Waals surface area contributed by atoms with Gasteiger partial charge in [-0.2, -0.15) is 0 Å². The van der Waals surface area contributed by atoms with Crippen LogP contribution < -0.4 is 4.74 Å². The Balaban J connectivity index is 1.66. The first-order chi connectivity index (χ1) is 10.7. The van der Waals surface area contributed by atoms with Crippen molar-refractivity contribution in [2.24, 2.45) is 0 Å². The van der Waals surface area contributed by atoms with Crippen molar-refractivity contribution in [1.29, 1.82) is 0 Å². The van der Waals surface area contributed by atoms with Crippen LogP contribution in [-0.4, -0.2) is 0 Å². The van der Waals surface area contributed by atoms with Gasteiger partial charge in [-0.05, 0) is 42.7 Å². The first-order valence-corrected chi connectivity index (χ1v) is 7.56. The van der Waals surface area contributed by atoms with Crippen LogP contribution in [0.15, 0.2) is 72.8 Å². The highest BCUT2D eigenvalue weighted by molar-refractivity contribution is 5.63. The first kappa shape index (κ1) is 14.4. The molecule has 0 saturated heterocycles. The first-order valence-electron chi connectivity index (χ1n) is 7.56. The molecule has 0 radical (unpaired) electrons. The molecule has 0 aliphatic rings. The zero-order chi connectivity index (χ0) is 15.4. The fourth-order valence-corrected chi connectivity index (χ4v) is 2.34. The molecule has 0 amide bonds. The fraction of sp³-hybridized carbons (Fsp3) is 0.143. The molecule has 0 heterocycles. The van der Waals surface area contributed by atoms with Crippen LogP contribution in [0.5, 0.6) is 5.75 Å². The average Bonchev–Trinajstić information content (AvgIpc) is 2.56. The van der Waals surface area contributed by atoms with Crippen LogP contribution >= 0.6 is 0 Å². The van der Waals surface area contributed by atoms with Crippen LogP contribution in [-0.2, 0) is 6.61 Å². The van der Waals surface area contributed by atoms with E-state index in [-0.39, 0.29) is 0 Å². The molecule has 1 heteroatoms. The average molecular weight is 288 g/mol. The van der Waals surface area contributed by atoms with Crippen molar-refractivity contribution in [1.82, 2.24) is 0 Å². The normalized spacial score (nSPS) is 10.5. The number of benzene rings is 3. The van der Waals surface area contributed by atoms with Gasteiger partial charge >= 0.3 is 0 Å². The number of hydrogen-bond donors (Lipinski definition) is 0. The van der Waals surface area contributed by atoms with E-state index in [2.05, 4.69) is 74.5 Å². The smallest absolute Gasteiger partial charge is 0.119 e. The van der Waals surface area contributed by atoms with Crippen molar-refractivity contribution in [3.05, 3.63) is 89.5 Å². The van der Waals surface area contributed by atoms with Gasteiger partial charge in [-0.1, -0.05) is 71.8 Å². The molecule has 0 spiro atoms. The zero-order valence-electron chi connectivity index (χ0n) is 13.0. The van der Waals surface area contributed by atoms with Gasteiger partial charge in [0.2, 0.25) is 0 Å². The maximum Gasteiger partial charge on any atom is 0.119 e. The van der Waals surface area contributed by atoms with E-state index < -0.39 is 0 Å². The maximum absolute atomic E-state index is 5.81. The van der Waals surface area contributed by atoms with Crippen LogP contribution in [0.1, 0.15) is 16.7 Å². The van der Waals surface area contributed by atoms with Gasteiger partial charge in [0.15, 0.2) is 0 Å². The van der Waals surface area contributed by atoms with E-state index in [4.69, 9.17) is 4.74 Å². The highest BCUT2D eigenvalue weighted by Gasteiger charge is 1.99. The molecule has 3 aromatic carbocycles. The summed E-state index contributed by atoms with van der Waals surface area (Å²) in [5.74, 6) is 0.910. The highest BCUT2D eigenvalue weighted by Crippen LogP contribution is 2.21. The second-order valence-corrected chi connectivity index (χ2v) is 5.66. The van der Waals surface area contributed by atoms with Gasteiger partial charge in [0.25, 0.3) is 0 Å². The van der Waals surface area contributed by atoms with Crippen molar-refractivity contribution in [2.75, 3.05) is 0 Å². The third-order valence-electron chi connectivity index (χ3n) is 3.77. The van der Waals surface area contributed by atoms with Crippen molar-refractivity contribution < 1.29 is 4.74 Å². The minimum atomic E-state index is 0.594. The summed E-state index contributed by atoms with van der Waals surface area (Å²) in [4.78, 5) is 0. The van der Waals surface area contributed by atoms with Crippen molar-refractivity contribution in [2.45, 2.75) is 20.5 Å². The van der Waals surface area contributed by atoms with Gasteiger partial charge in [-0.25, -0.2) is 0 Å². The molecule has 110 valence electrons. The molecule has 0 aliphatic carbocycles. The van der Waals surface area contributed by atoms with E-state index in [1.807, 2.05) is 12.1 Å². The van der Waals surface area contributed by atoms with Crippen molar-refractivity contribution in [3.8, 4) is 16.9 Å². The predicted molar refractivity (Wildman–Crippen MR) is 92.1 cm³/mol. The molecular weight excluding hydrogens is 268 g/mol. The molecule has 0 aromatic heterocycles. The minimum Gasteiger partial charge on any atom is -0.489 e. The molecule has 3 aromatic rings. The monoisotopic (exact) mass is 288 g/mol. The number of aryl methyl sites for hydroxylation is 2. The largest absolute Gasteiger partial charge is 0.489 e. The minimum absolute atomic E-state index is 0.594. The Labute approximate surface area is 132 Å². The molecule has 0 fully saturated rings. The molecule has 0 saturated carbocycles. The molecule has 0 bridgehead atoms. The molecular formula is C21H20O. The zero-order valence-corrected chi connectivity index (χ0v) is 13.0. The van der Waals surface area contributed by atoms with E-state index in [9.17, 15) is 0 Å². The number of rotatable bonds is 4. The van der Waals surface area contributed by atoms with Gasteiger partial charge in [0.1, 0.15) is 12.4 Å². The van der Waals surface area contributed by atoms with E-state index in [0.717, 1.165) is 5.75 Å². The predicted octanol–water partition coefficient (Wildman–Crippen LogP) is 5.55. The summed E-state index contributed by atoms with van der Waals surface area (Å²) in [7, 11) is 0. The van der Waals surface area contributed by atoms with Gasteiger partial charge in [0.05, 0.1) is 0 Å². The van der Waals surface area contributed by atoms with Crippen LogP contribution in [0.3, 0.4) is 0 Å². The molecule has 1 nitrogen and oxygen atoms in total. The van der Waals surface area contributed by atoms with E-state index in [0.29, 0.717) is 6.61 Å². The summed E-state index contributed by atoms with van der Waals surface area (Å²) < 4.78 is 5.81. The van der Waals surface area contributed by atoms with Crippen LogP contribution in [0, 0.1) is 13.8 Å². The van der Waals surface area contributed by atoms with Gasteiger partial charge in [-0.15, -0.1) is 0 Å². The lowest BCUT2D eigenvalue weighted by molar-refractivity contribution is 0.306. The topological polar surface area (TPSA) is 9.23 Å². The molecule has 3 rings (SSSR count). The van der Waals surface area contributed by atoms with Gasteiger partial charge in [-0.3, -0.25) is 0 Å². The Hall–Kier alpha value is -2.54. The Bertz CT molecular complexity index is 722. The van der Waals surface area contributed by atoms with Gasteiger partial charge in [0, 0.05) is 0 Å². The lowest BCUT2D eigenvalue weighted by atomic mass is 10.0. The Morgan fingerprint density at radius 2 is 1.05 bits per heavy atom. The maximum atomic E-state index is 5.81. The lowest BCUT2D eigenvalue weighted by Gasteiger charge is -2.08. The number of hydrogen-bond acceptors (Lipinski definition) is 1. The van der Waals surface area contributed by atoms with Crippen molar-refractivity contribution in [3.63, 3.8) is 0 Å². The summed E-state index contributed by atoms with van der Waals surface area (Å²) >= 11 is 0.